The summed E-state index contributed by atoms with van der Waals surface area (Å²) in [4.78, 5) is 10.1. The molecule has 0 saturated carbocycles. The number of carbonyl (C=O) groups is 1. The summed E-state index contributed by atoms with van der Waals surface area (Å²) in [5, 5.41) is 10.1. The summed E-state index contributed by atoms with van der Waals surface area (Å²) in [6.07, 6.45) is -0.436. The van der Waals surface area contributed by atoms with Gasteiger partial charge in [0.15, 0.2) is 0 Å². The zero-order valence-electron chi connectivity index (χ0n) is 7.82. The Bertz CT molecular complexity index is 193. The number of aliphatic carboxylic acids is 1. The minimum atomic E-state index is -3.19. The van der Waals surface area contributed by atoms with Crippen molar-refractivity contribution in [2.45, 2.75) is 20.3 Å². The first-order valence-electron chi connectivity index (χ1n) is 4.12. The van der Waals surface area contributed by atoms with Crippen molar-refractivity contribution in [3.8, 4) is 0 Å². The first-order chi connectivity index (χ1) is 6.04. The van der Waals surface area contributed by atoms with Gasteiger partial charge in [-0.25, -0.2) is 0 Å². The Hall–Kier alpha value is -0.380. The van der Waals surface area contributed by atoms with Crippen LogP contribution in [0.5, 0.6) is 0 Å². The second kappa shape index (κ2) is 6.13. The van der Waals surface area contributed by atoms with Gasteiger partial charge in [0.2, 0.25) is 0 Å². The summed E-state index contributed by atoms with van der Waals surface area (Å²) in [5.41, 5.74) is 0. The molecule has 0 saturated heterocycles. The maximum absolute atomic E-state index is 11.6. The van der Waals surface area contributed by atoms with Gasteiger partial charge in [0, 0.05) is 5.97 Å². The van der Waals surface area contributed by atoms with Crippen molar-refractivity contribution in [3.63, 3.8) is 0 Å². The minimum Gasteiger partial charge on any atom is -0.550 e. The fourth-order valence-electron chi connectivity index (χ4n) is 0.788. The molecule has 0 amide bonds. The molecule has 0 aliphatic carbocycles. The van der Waals surface area contributed by atoms with Crippen LogP contribution < -0.4 is 5.11 Å². The van der Waals surface area contributed by atoms with E-state index in [2.05, 4.69) is 0 Å². The molecule has 0 heterocycles. The molecule has 0 aliphatic heterocycles. The summed E-state index contributed by atoms with van der Waals surface area (Å²) in [6.45, 7) is 3.82. The van der Waals surface area contributed by atoms with Crippen molar-refractivity contribution in [1.82, 2.24) is 0 Å². The van der Waals surface area contributed by atoms with Crippen LogP contribution in [0.15, 0.2) is 0 Å². The van der Waals surface area contributed by atoms with E-state index >= 15 is 0 Å². The van der Waals surface area contributed by atoms with Crippen molar-refractivity contribution >= 4 is 13.6 Å². The first kappa shape index (κ1) is 12.6. The van der Waals surface area contributed by atoms with Crippen molar-refractivity contribution < 1.29 is 23.5 Å². The van der Waals surface area contributed by atoms with Gasteiger partial charge in [-0.3, -0.25) is 4.57 Å². The van der Waals surface area contributed by atoms with Crippen LogP contribution in [-0.2, 0) is 18.4 Å². The average molecular weight is 209 g/mol. The molecule has 6 heteroatoms. The highest BCUT2D eigenvalue weighted by molar-refractivity contribution is 7.53. The minimum absolute atomic E-state index is 0.128. The summed E-state index contributed by atoms with van der Waals surface area (Å²) < 4.78 is 21.3. The van der Waals surface area contributed by atoms with Gasteiger partial charge in [0.25, 0.3) is 0 Å². The lowest BCUT2D eigenvalue weighted by atomic mass is 10.5. The Labute approximate surface area is 77.6 Å². The van der Waals surface area contributed by atoms with Crippen molar-refractivity contribution in [2.24, 2.45) is 0 Å². The number of carboxylic acids is 1. The van der Waals surface area contributed by atoms with E-state index < -0.39 is 13.6 Å². The van der Waals surface area contributed by atoms with Crippen LogP contribution in [0.25, 0.3) is 0 Å². The monoisotopic (exact) mass is 209 g/mol. The van der Waals surface area contributed by atoms with Crippen molar-refractivity contribution in [2.75, 3.05) is 19.4 Å². The van der Waals surface area contributed by atoms with Gasteiger partial charge in [0.05, 0.1) is 19.4 Å². The summed E-state index contributed by atoms with van der Waals surface area (Å²) >= 11 is 0. The molecule has 0 fully saturated rings. The third kappa shape index (κ3) is 5.80. The lowest BCUT2D eigenvalue weighted by Gasteiger charge is -2.16. The van der Waals surface area contributed by atoms with Gasteiger partial charge in [-0.2, -0.15) is 0 Å². The normalized spacial score (nSPS) is 11.5. The molecule has 0 aromatic rings. The maximum Gasteiger partial charge on any atom is 0.331 e. The SMILES string of the molecule is CCOP(=O)(CCC(=O)[O-])OCC. The zero-order chi connectivity index (χ0) is 10.3. The molecule has 0 unspecified atom stereocenters. The third-order valence-corrected chi connectivity index (χ3v) is 3.32. The topological polar surface area (TPSA) is 75.7 Å². The molecular weight excluding hydrogens is 195 g/mol. The van der Waals surface area contributed by atoms with E-state index in [-0.39, 0.29) is 25.8 Å². The molecule has 0 aliphatic rings. The smallest absolute Gasteiger partial charge is 0.331 e. The predicted molar refractivity (Wildman–Crippen MR) is 45.3 cm³/mol. The fourth-order valence-corrected chi connectivity index (χ4v) is 2.36. The quantitative estimate of drug-likeness (QED) is 0.567. The lowest BCUT2D eigenvalue weighted by molar-refractivity contribution is -0.305. The molecule has 0 atom stereocenters. The Balaban J connectivity index is 4.07. The zero-order valence-corrected chi connectivity index (χ0v) is 8.71. The highest BCUT2D eigenvalue weighted by Crippen LogP contribution is 2.48. The molecule has 0 bridgehead atoms. The van der Waals surface area contributed by atoms with E-state index in [9.17, 15) is 14.5 Å². The summed E-state index contributed by atoms with van der Waals surface area (Å²) in [5.74, 6) is -1.25. The number of rotatable bonds is 7. The van der Waals surface area contributed by atoms with E-state index in [1.807, 2.05) is 0 Å². The summed E-state index contributed by atoms with van der Waals surface area (Å²) in [7, 11) is -3.19. The van der Waals surface area contributed by atoms with E-state index in [0.717, 1.165) is 0 Å². The average Bonchev–Trinajstić information content (AvgIpc) is 2.02. The molecule has 0 aromatic carbocycles. The first-order valence-corrected chi connectivity index (χ1v) is 5.85. The number of carbonyl (C=O) groups excluding carboxylic acids is 1. The molecule has 0 spiro atoms. The van der Waals surface area contributed by atoms with Gasteiger partial charge in [-0.1, -0.05) is 0 Å². The molecule has 0 aromatic heterocycles. The largest absolute Gasteiger partial charge is 0.550 e. The number of carboxylic acid groups (broad SMARTS) is 1. The number of hydrogen-bond donors (Lipinski definition) is 0. The Morgan fingerprint density at radius 1 is 1.31 bits per heavy atom. The third-order valence-electron chi connectivity index (χ3n) is 1.24. The molecule has 5 nitrogen and oxygen atoms in total. The fraction of sp³-hybridized carbons (Fsp3) is 0.857. The van der Waals surface area contributed by atoms with E-state index in [4.69, 9.17) is 9.05 Å². The molecule has 0 rings (SSSR count). The van der Waals surface area contributed by atoms with Gasteiger partial charge in [0.1, 0.15) is 0 Å². The molecule has 0 radical (unpaired) electrons. The second-order valence-electron chi connectivity index (χ2n) is 2.29. The van der Waals surface area contributed by atoms with Gasteiger partial charge in [-0.15, -0.1) is 0 Å². The predicted octanol–water partition coefficient (Wildman–Crippen LogP) is 0.393. The van der Waals surface area contributed by atoms with Gasteiger partial charge in [-0.05, 0) is 20.3 Å². The Morgan fingerprint density at radius 3 is 2.08 bits per heavy atom. The lowest BCUT2D eigenvalue weighted by Crippen LogP contribution is -2.23. The highest BCUT2D eigenvalue weighted by atomic mass is 31.2. The van der Waals surface area contributed by atoms with Gasteiger partial charge < -0.3 is 18.9 Å². The van der Waals surface area contributed by atoms with Crippen LogP contribution in [0.4, 0.5) is 0 Å². The van der Waals surface area contributed by atoms with Crippen LogP contribution in [-0.4, -0.2) is 25.3 Å². The Morgan fingerprint density at radius 2 is 1.77 bits per heavy atom. The number of hydrogen-bond acceptors (Lipinski definition) is 5. The van der Waals surface area contributed by atoms with E-state index in [0.29, 0.717) is 0 Å². The maximum atomic E-state index is 11.6. The molecular formula is C7H14O5P-. The summed E-state index contributed by atoms with van der Waals surface area (Å²) in [6, 6.07) is 0. The molecule has 78 valence electrons. The van der Waals surface area contributed by atoms with Crippen LogP contribution in [0.2, 0.25) is 0 Å². The highest BCUT2D eigenvalue weighted by Gasteiger charge is 2.22. The Kier molecular flexibility index (Phi) is 5.95. The van der Waals surface area contributed by atoms with Gasteiger partial charge >= 0.3 is 7.60 Å². The van der Waals surface area contributed by atoms with Crippen LogP contribution in [0.3, 0.4) is 0 Å². The standard InChI is InChI=1S/C7H15O5P/c1-3-11-13(10,12-4-2)6-5-7(8)9/h3-6H2,1-2H3,(H,8,9)/p-1. The van der Waals surface area contributed by atoms with Crippen LogP contribution >= 0.6 is 7.60 Å². The molecule has 0 N–H and O–H groups in total. The van der Waals surface area contributed by atoms with E-state index in [1.165, 1.54) is 0 Å². The van der Waals surface area contributed by atoms with E-state index in [1.54, 1.807) is 13.8 Å². The second-order valence-corrected chi connectivity index (χ2v) is 4.48. The van der Waals surface area contributed by atoms with Crippen LogP contribution in [0, 0.1) is 0 Å². The van der Waals surface area contributed by atoms with Crippen LogP contribution in [0.1, 0.15) is 20.3 Å². The van der Waals surface area contributed by atoms with Crippen molar-refractivity contribution in [3.05, 3.63) is 0 Å². The molecule has 13 heavy (non-hydrogen) atoms. The van der Waals surface area contributed by atoms with Crippen molar-refractivity contribution in [1.29, 1.82) is 0 Å².